The van der Waals surface area contributed by atoms with Crippen molar-refractivity contribution in [2.24, 2.45) is 0 Å². The maximum atomic E-state index is 12.9. The average Bonchev–Trinajstić information content (AvgIpc) is 2.95. The topological polar surface area (TPSA) is 75.6 Å². The molecule has 27 heavy (non-hydrogen) atoms. The van der Waals surface area contributed by atoms with Gasteiger partial charge in [-0.25, -0.2) is 9.78 Å². The van der Waals surface area contributed by atoms with Gasteiger partial charge in [0.2, 0.25) is 5.78 Å². The summed E-state index contributed by atoms with van der Waals surface area (Å²) < 4.78 is 5.56. The molecule has 0 atom stereocenters. The van der Waals surface area contributed by atoms with Gasteiger partial charge in [0.15, 0.2) is 0 Å². The molecule has 0 radical (unpaired) electrons. The first-order chi connectivity index (χ1) is 13.0. The summed E-state index contributed by atoms with van der Waals surface area (Å²) in [4.78, 5) is 37.2. The molecule has 0 unspecified atom stereocenters. The van der Waals surface area contributed by atoms with Crippen molar-refractivity contribution >= 4 is 33.6 Å². The van der Waals surface area contributed by atoms with Gasteiger partial charge in [-0.3, -0.25) is 9.78 Å². The van der Waals surface area contributed by atoms with E-state index < -0.39 is 0 Å². The standard InChI is InChI=1S/C19H21BrN4O3.H2/c1-13-15(11-14(20)12-21-13)18(25)16-5-3-6-17(22-16)23-7-4-8-24(10-9-23)19(26)27-2;/h3,5-6,11-12H,4,7-10H2,1-2H3;1H. The van der Waals surface area contributed by atoms with E-state index in [0.29, 0.717) is 36.6 Å². The molecule has 0 N–H and O–H groups in total. The van der Waals surface area contributed by atoms with E-state index in [1.807, 2.05) is 12.1 Å². The SMILES string of the molecule is COC(=O)N1CCCN(c2cccc(C(=O)c3cc(Br)cnc3C)n2)CC1.[HH]. The van der Waals surface area contributed by atoms with E-state index in [1.165, 1.54) is 7.11 Å². The normalized spacial score (nSPS) is 14.6. The molecule has 0 spiro atoms. The number of aryl methyl sites for hydroxylation is 1. The van der Waals surface area contributed by atoms with Crippen LogP contribution in [-0.4, -0.2) is 60.0 Å². The number of hydrogen-bond donors (Lipinski definition) is 0. The van der Waals surface area contributed by atoms with Crippen molar-refractivity contribution in [3.8, 4) is 0 Å². The number of ketones is 1. The third kappa shape index (κ3) is 4.44. The van der Waals surface area contributed by atoms with E-state index in [4.69, 9.17) is 4.74 Å². The van der Waals surface area contributed by atoms with E-state index >= 15 is 0 Å². The van der Waals surface area contributed by atoms with E-state index in [1.54, 1.807) is 30.2 Å². The number of carbonyl (C=O) groups is 2. The molecule has 7 nitrogen and oxygen atoms in total. The summed E-state index contributed by atoms with van der Waals surface area (Å²) in [6, 6.07) is 7.19. The van der Waals surface area contributed by atoms with Crippen LogP contribution in [0.3, 0.4) is 0 Å². The molecule has 8 heteroatoms. The minimum atomic E-state index is -0.314. The lowest BCUT2D eigenvalue weighted by Crippen LogP contribution is -2.35. The first kappa shape index (κ1) is 19.3. The number of anilines is 1. The van der Waals surface area contributed by atoms with Crippen LogP contribution >= 0.6 is 15.9 Å². The second kappa shape index (κ2) is 8.47. The summed E-state index contributed by atoms with van der Waals surface area (Å²) >= 11 is 3.36. The highest BCUT2D eigenvalue weighted by Gasteiger charge is 2.21. The molecule has 1 amide bonds. The quantitative estimate of drug-likeness (QED) is 0.689. The number of rotatable bonds is 3. The van der Waals surface area contributed by atoms with Gasteiger partial charge in [-0.2, -0.15) is 0 Å². The summed E-state index contributed by atoms with van der Waals surface area (Å²) in [5.74, 6) is 0.572. The predicted molar refractivity (Wildman–Crippen MR) is 107 cm³/mol. The molecule has 3 heterocycles. The predicted octanol–water partition coefficient (Wildman–Crippen LogP) is 3.30. The second-order valence-corrected chi connectivity index (χ2v) is 7.21. The molecular weight excluding hydrogens is 412 g/mol. The van der Waals surface area contributed by atoms with Crippen molar-refractivity contribution in [2.45, 2.75) is 13.3 Å². The molecule has 0 saturated carbocycles. The zero-order valence-corrected chi connectivity index (χ0v) is 16.9. The van der Waals surface area contributed by atoms with Crippen LogP contribution in [0, 0.1) is 6.92 Å². The van der Waals surface area contributed by atoms with Crippen molar-refractivity contribution in [3.05, 3.63) is 51.9 Å². The fraction of sp³-hybridized carbons (Fsp3) is 0.368. The van der Waals surface area contributed by atoms with Crippen LogP contribution in [0.5, 0.6) is 0 Å². The fourth-order valence-corrected chi connectivity index (χ4v) is 3.39. The van der Waals surface area contributed by atoms with Crippen molar-refractivity contribution < 1.29 is 15.8 Å². The number of nitrogens with zero attached hydrogens (tertiary/aromatic N) is 4. The molecule has 1 saturated heterocycles. The number of pyridine rings is 2. The van der Waals surface area contributed by atoms with Crippen LogP contribution in [-0.2, 0) is 4.74 Å². The molecule has 1 aliphatic heterocycles. The van der Waals surface area contributed by atoms with Gasteiger partial charge < -0.3 is 14.5 Å². The van der Waals surface area contributed by atoms with E-state index in [0.717, 1.165) is 23.3 Å². The van der Waals surface area contributed by atoms with Crippen LogP contribution in [0.4, 0.5) is 10.6 Å². The maximum Gasteiger partial charge on any atom is 0.409 e. The molecule has 2 aromatic heterocycles. The Morgan fingerprint density at radius 1 is 1.22 bits per heavy atom. The number of ether oxygens (including phenoxy) is 1. The first-order valence-electron chi connectivity index (χ1n) is 8.71. The number of aromatic nitrogens is 2. The molecule has 2 aromatic rings. The highest BCUT2D eigenvalue weighted by molar-refractivity contribution is 9.10. The Morgan fingerprint density at radius 2 is 2.04 bits per heavy atom. The molecule has 3 rings (SSSR count). The molecule has 1 aliphatic rings. The molecule has 0 aliphatic carbocycles. The molecule has 0 aromatic carbocycles. The van der Waals surface area contributed by atoms with Gasteiger partial charge in [0, 0.05) is 49.5 Å². The summed E-state index contributed by atoms with van der Waals surface area (Å²) in [7, 11) is 1.39. The van der Waals surface area contributed by atoms with Crippen molar-refractivity contribution in [1.82, 2.24) is 14.9 Å². The van der Waals surface area contributed by atoms with Crippen LogP contribution < -0.4 is 4.90 Å². The average molecular weight is 435 g/mol. The minimum absolute atomic E-state index is 0. The highest BCUT2D eigenvalue weighted by atomic mass is 79.9. The zero-order chi connectivity index (χ0) is 19.4. The number of hydrogen-bond acceptors (Lipinski definition) is 6. The maximum absolute atomic E-state index is 12.9. The Bertz CT molecular complexity index is 865. The number of halogens is 1. The van der Waals surface area contributed by atoms with Gasteiger partial charge in [-0.1, -0.05) is 6.07 Å². The molecule has 0 bridgehead atoms. The lowest BCUT2D eigenvalue weighted by atomic mass is 10.1. The van der Waals surface area contributed by atoms with Gasteiger partial charge >= 0.3 is 6.09 Å². The van der Waals surface area contributed by atoms with Gasteiger partial charge in [-0.15, -0.1) is 0 Å². The van der Waals surface area contributed by atoms with E-state index in [2.05, 4.69) is 30.8 Å². The smallest absolute Gasteiger partial charge is 0.409 e. The van der Waals surface area contributed by atoms with E-state index in [-0.39, 0.29) is 13.3 Å². The monoisotopic (exact) mass is 434 g/mol. The molecular formula is C19H23BrN4O3. The number of amides is 1. The van der Waals surface area contributed by atoms with Gasteiger partial charge in [0.25, 0.3) is 0 Å². The highest BCUT2D eigenvalue weighted by Crippen LogP contribution is 2.19. The van der Waals surface area contributed by atoms with Crippen LogP contribution in [0.2, 0.25) is 0 Å². The third-order valence-corrected chi connectivity index (χ3v) is 4.95. The van der Waals surface area contributed by atoms with Gasteiger partial charge in [-0.05, 0) is 47.5 Å². The van der Waals surface area contributed by atoms with Crippen LogP contribution in [0.1, 0.15) is 29.6 Å². The van der Waals surface area contributed by atoms with Crippen LogP contribution in [0.15, 0.2) is 34.9 Å². The summed E-state index contributed by atoms with van der Waals surface area (Å²) in [6.07, 6.45) is 2.16. The Hall–Kier alpha value is -2.48. The Kier molecular flexibility index (Phi) is 6.05. The molecule has 144 valence electrons. The Labute approximate surface area is 168 Å². The summed E-state index contributed by atoms with van der Waals surface area (Å²) in [5, 5.41) is 0. The summed E-state index contributed by atoms with van der Waals surface area (Å²) in [5.41, 5.74) is 1.57. The summed E-state index contributed by atoms with van der Waals surface area (Å²) in [6.45, 7) is 4.40. The van der Waals surface area contributed by atoms with E-state index in [9.17, 15) is 9.59 Å². The van der Waals surface area contributed by atoms with Crippen molar-refractivity contribution in [2.75, 3.05) is 38.2 Å². The fourth-order valence-electron chi connectivity index (χ4n) is 3.06. The number of methoxy groups -OCH3 is 1. The van der Waals surface area contributed by atoms with Crippen molar-refractivity contribution in [3.63, 3.8) is 0 Å². The lowest BCUT2D eigenvalue weighted by molar-refractivity contribution is 0.103. The zero-order valence-electron chi connectivity index (χ0n) is 15.3. The van der Waals surface area contributed by atoms with Crippen LogP contribution in [0.25, 0.3) is 0 Å². The third-order valence-electron chi connectivity index (χ3n) is 4.52. The minimum Gasteiger partial charge on any atom is -0.453 e. The largest absolute Gasteiger partial charge is 0.453 e. The van der Waals surface area contributed by atoms with Gasteiger partial charge in [0.05, 0.1) is 7.11 Å². The molecule has 1 fully saturated rings. The Morgan fingerprint density at radius 3 is 2.81 bits per heavy atom. The van der Waals surface area contributed by atoms with Crippen molar-refractivity contribution in [1.29, 1.82) is 0 Å². The second-order valence-electron chi connectivity index (χ2n) is 6.29. The Balaban J connectivity index is 0.00000280. The lowest BCUT2D eigenvalue weighted by Gasteiger charge is -2.22. The van der Waals surface area contributed by atoms with Gasteiger partial charge in [0.1, 0.15) is 11.5 Å². The number of carbonyl (C=O) groups excluding carboxylic acids is 2. The first-order valence-corrected chi connectivity index (χ1v) is 9.50.